The van der Waals surface area contributed by atoms with Crippen molar-refractivity contribution in [2.45, 2.75) is 70.4 Å². The van der Waals surface area contributed by atoms with E-state index in [0.29, 0.717) is 23.8 Å². The van der Waals surface area contributed by atoms with Gasteiger partial charge in [-0.1, -0.05) is 60.7 Å². The highest BCUT2D eigenvalue weighted by molar-refractivity contribution is 5.79. The van der Waals surface area contributed by atoms with Crippen LogP contribution in [0.5, 0.6) is 17.2 Å². The normalized spacial score (nSPS) is 14.8. The van der Waals surface area contributed by atoms with Crippen LogP contribution >= 0.6 is 0 Å². The fourth-order valence-electron chi connectivity index (χ4n) is 6.07. The molecule has 7 heteroatoms. The number of β-amino-alcohol motifs (C(OH)–C–C–N with tert-alkyl or cyclic N) is 1. The zero-order valence-electron chi connectivity index (χ0n) is 26.7. The molecular weight excluding hydrogens is 552 g/mol. The molecule has 1 unspecified atom stereocenters. The second-order valence-electron chi connectivity index (χ2n) is 12.0. The van der Waals surface area contributed by atoms with Crippen molar-refractivity contribution in [3.63, 3.8) is 0 Å². The van der Waals surface area contributed by atoms with Gasteiger partial charge in [0.25, 0.3) is 0 Å². The van der Waals surface area contributed by atoms with Gasteiger partial charge in [0.05, 0.1) is 14.2 Å². The Morgan fingerprint density at radius 1 is 0.886 bits per heavy atom. The third-order valence-corrected chi connectivity index (χ3v) is 8.66. The fourth-order valence-corrected chi connectivity index (χ4v) is 6.07. The third kappa shape index (κ3) is 10.6. The molecule has 7 nitrogen and oxygen atoms in total. The lowest BCUT2D eigenvalue weighted by molar-refractivity contribution is -0.127. The van der Waals surface area contributed by atoms with Gasteiger partial charge in [-0.25, -0.2) is 0 Å². The maximum atomic E-state index is 13.4. The number of aryl methyl sites for hydroxylation is 2. The first-order valence-electron chi connectivity index (χ1n) is 16.1. The molecule has 0 aliphatic carbocycles. The van der Waals surface area contributed by atoms with E-state index in [1.165, 1.54) is 11.1 Å². The number of carbonyl (C=O) groups is 1. The lowest BCUT2D eigenvalue weighted by atomic mass is 9.94. The number of nitrogens with zero attached hydrogens (tertiary/aromatic N) is 1. The van der Waals surface area contributed by atoms with Crippen molar-refractivity contribution in [2.24, 2.45) is 5.92 Å². The average Bonchev–Trinajstić information content (AvgIpc) is 3.05. The molecule has 1 saturated heterocycles. The summed E-state index contributed by atoms with van der Waals surface area (Å²) in [4.78, 5) is 15.6. The number of ether oxygens (including phenoxy) is 3. The van der Waals surface area contributed by atoms with Gasteiger partial charge in [0.2, 0.25) is 5.91 Å². The van der Waals surface area contributed by atoms with Crippen LogP contribution in [0.15, 0.2) is 72.8 Å². The monoisotopic (exact) mass is 602 g/mol. The summed E-state index contributed by atoms with van der Waals surface area (Å²) in [5, 5.41) is 14.1. The van der Waals surface area contributed by atoms with Crippen LogP contribution in [0, 0.1) is 12.8 Å². The molecular formula is C37H50N2O5. The number of methoxy groups -OCH3 is 2. The van der Waals surface area contributed by atoms with Crippen molar-refractivity contribution in [1.29, 1.82) is 0 Å². The summed E-state index contributed by atoms with van der Waals surface area (Å²) < 4.78 is 16.7. The van der Waals surface area contributed by atoms with Crippen molar-refractivity contribution < 1.29 is 24.1 Å². The highest BCUT2D eigenvalue weighted by atomic mass is 16.5. The molecule has 44 heavy (non-hydrogen) atoms. The summed E-state index contributed by atoms with van der Waals surface area (Å²) in [6, 6.07) is 25.0. The number of amides is 1. The van der Waals surface area contributed by atoms with Gasteiger partial charge in [-0.2, -0.15) is 0 Å². The van der Waals surface area contributed by atoms with Crippen LogP contribution in [-0.2, 0) is 17.6 Å². The van der Waals surface area contributed by atoms with Crippen LogP contribution in [0.2, 0.25) is 0 Å². The molecule has 1 fully saturated rings. The van der Waals surface area contributed by atoms with E-state index in [4.69, 9.17) is 14.2 Å². The van der Waals surface area contributed by atoms with Crippen molar-refractivity contribution >= 4 is 5.91 Å². The van der Waals surface area contributed by atoms with Gasteiger partial charge in [0.15, 0.2) is 0 Å². The summed E-state index contributed by atoms with van der Waals surface area (Å²) in [6.45, 7) is 4.18. The molecule has 4 rings (SSSR count). The molecule has 1 atom stereocenters. The van der Waals surface area contributed by atoms with Crippen LogP contribution in [-0.4, -0.2) is 68.5 Å². The first-order valence-corrected chi connectivity index (χ1v) is 16.1. The Morgan fingerprint density at radius 2 is 1.41 bits per heavy atom. The SMILES string of the molecule is COc1cc(OCC(O)CN2CCC(C(=O)NC(CCCc3ccccc3)CCCc3ccccc3)CC2)cc(OC)c1C. The Balaban J connectivity index is 1.21. The molecule has 0 spiro atoms. The number of likely N-dealkylation sites (tertiary alicyclic amines) is 1. The molecule has 0 aromatic heterocycles. The summed E-state index contributed by atoms with van der Waals surface area (Å²) in [5.41, 5.74) is 3.60. The van der Waals surface area contributed by atoms with Gasteiger partial charge in [-0.15, -0.1) is 0 Å². The quantitative estimate of drug-likeness (QED) is 0.198. The molecule has 0 radical (unpaired) electrons. The van der Waals surface area contributed by atoms with Crippen LogP contribution in [0.4, 0.5) is 0 Å². The van der Waals surface area contributed by atoms with Crippen LogP contribution < -0.4 is 19.5 Å². The molecule has 1 aliphatic heterocycles. The number of carbonyl (C=O) groups excluding carboxylic acids is 1. The van der Waals surface area contributed by atoms with Crippen molar-refractivity contribution in [2.75, 3.05) is 40.5 Å². The highest BCUT2D eigenvalue weighted by Gasteiger charge is 2.27. The highest BCUT2D eigenvalue weighted by Crippen LogP contribution is 2.33. The number of piperidine rings is 1. The molecule has 0 bridgehead atoms. The maximum Gasteiger partial charge on any atom is 0.223 e. The number of aliphatic hydroxyl groups excluding tert-OH is 1. The van der Waals surface area contributed by atoms with Gasteiger partial charge >= 0.3 is 0 Å². The number of nitrogens with one attached hydrogen (secondary N) is 1. The zero-order chi connectivity index (χ0) is 31.1. The van der Waals surface area contributed by atoms with Gasteiger partial charge in [0, 0.05) is 36.2 Å². The smallest absolute Gasteiger partial charge is 0.223 e. The molecule has 3 aromatic carbocycles. The van der Waals surface area contributed by atoms with Gasteiger partial charge in [-0.3, -0.25) is 4.79 Å². The first-order chi connectivity index (χ1) is 21.4. The van der Waals surface area contributed by atoms with E-state index >= 15 is 0 Å². The Bertz CT molecular complexity index is 1190. The van der Waals surface area contributed by atoms with E-state index in [-0.39, 0.29) is 24.5 Å². The zero-order valence-corrected chi connectivity index (χ0v) is 26.7. The Labute approximate surface area is 263 Å². The van der Waals surface area contributed by atoms with Gasteiger partial charge in [-0.05, 0) is 82.5 Å². The third-order valence-electron chi connectivity index (χ3n) is 8.66. The minimum atomic E-state index is -0.641. The molecule has 2 N–H and O–H groups in total. The predicted molar refractivity (Wildman–Crippen MR) is 176 cm³/mol. The van der Waals surface area contributed by atoms with Gasteiger partial charge < -0.3 is 29.5 Å². The van der Waals surface area contributed by atoms with E-state index in [1.54, 1.807) is 14.2 Å². The van der Waals surface area contributed by atoms with E-state index < -0.39 is 6.10 Å². The van der Waals surface area contributed by atoms with Crippen molar-refractivity contribution in [3.05, 3.63) is 89.5 Å². The van der Waals surface area contributed by atoms with E-state index in [1.807, 2.05) is 19.1 Å². The van der Waals surface area contributed by atoms with Crippen molar-refractivity contribution in [3.8, 4) is 17.2 Å². The lowest BCUT2D eigenvalue weighted by Crippen LogP contribution is -2.46. The number of hydrogen-bond acceptors (Lipinski definition) is 6. The number of aliphatic hydroxyl groups is 1. The maximum absolute atomic E-state index is 13.4. The second-order valence-corrected chi connectivity index (χ2v) is 12.0. The molecule has 1 heterocycles. The largest absolute Gasteiger partial charge is 0.496 e. The Morgan fingerprint density at radius 3 is 1.91 bits per heavy atom. The molecule has 3 aromatic rings. The molecule has 0 saturated carbocycles. The van der Waals surface area contributed by atoms with Crippen LogP contribution in [0.3, 0.4) is 0 Å². The first kappa shape index (κ1) is 33.3. The lowest BCUT2D eigenvalue weighted by Gasteiger charge is -2.33. The van der Waals surface area contributed by atoms with Crippen molar-refractivity contribution in [1.82, 2.24) is 10.2 Å². The summed E-state index contributed by atoms with van der Waals surface area (Å²) >= 11 is 0. The minimum absolute atomic E-state index is 0.0119. The van der Waals surface area contributed by atoms with E-state index in [2.05, 4.69) is 70.9 Å². The van der Waals surface area contributed by atoms with Gasteiger partial charge in [0.1, 0.15) is 30.0 Å². The number of hydrogen-bond donors (Lipinski definition) is 2. The standard InChI is InChI=1S/C37H50N2O5/c1-28-35(42-2)24-34(25-36(28)43-3)44-27-33(40)26-39-22-20-31(21-23-39)37(41)38-32(18-10-16-29-12-6-4-7-13-29)19-11-17-30-14-8-5-9-15-30/h4-9,12-15,24-25,31-33,40H,10-11,16-23,26-27H2,1-3H3,(H,38,41). The molecule has 1 amide bonds. The Hall–Kier alpha value is -3.55. The molecule has 1 aliphatic rings. The van der Waals surface area contributed by atoms with Crippen LogP contribution in [0.25, 0.3) is 0 Å². The Kier molecular flexibility index (Phi) is 13.4. The average molecular weight is 603 g/mol. The number of benzene rings is 3. The molecule has 238 valence electrons. The fraction of sp³-hybridized carbons (Fsp3) is 0.486. The second kappa shape index (κ2) is 17.7. The van der Waals surface area contributed by atoms with E-state index in [0.717, 1.165) is 70.0 Å². The summed E-state index contributed by atoms with van der Waals surface area (Å²) in [7, 11) is 3.23. The summed E-state index contributed by atoms with van der Waals surface area (Å²) in [6.07, 6.45) is 7.10. The minimum Gasteiger partial charge on any atom is -0.496 e. The number of rotatable bonds is 17. The van der Waals surface area contributed by atoms with Crippen LogP contribution in [0.1, 0.15) is 55.2 Å². The topological polar surface area (TPSA) is 80.3 Å². The summed E-state index contributed by atoms with van der Waals surface area (Å²) in [5.74, 6) is 2.16. The predicted octanol–water partition coefficient (Wildman–Crippen LogP) is 5.99. The van der Waals surface area contributed by atoms with E-state index in [9.17, 15) is 9.90 Å².